The minimum Gasteiger partial charge on any atom is -0.478 e. The number of pyridine rings is 1. The minimum absolute atomic E-state index is 0.0519. The predicted molar refractivity (Wildman–Crippen MR) is 53.9 cm³/mol. The number of aromatic carboxylic acids is 1. The van der Waals surface area contributed by atoms with Crippen molar-refractivity contribution in [3.8, 4) is 0 Å². The van der Waals surface area contributed by atoms with E-state index in [9.17, 15) is 26.7 Å². The second-order valence-corrected chi connectivity index (χ2v) is 3.89. The third-order valence-corrected chi connectivity index (χ3v) is 2.53. The van der Waals surface area contributed by atoms with Gasteiger partial charge < -0.3 is 5.11 Å². The molecule has 0 unspecified atom stereocenters. The summed E-state index contributed by atoms with van der Waals surface area (Å²) in [5, 5.41) is 8.63. The second kappa shape index (κ2) is 4.70. The summed E-state index contributed by atoms with van der Waals surface area (Å²) in [7, 11) is 0. The van der Waals surface area contributed by atoms with Crippen LogP contribution in [0.3, 0.4) is 0 Å². The van der Waals surface area contributed by atoms with Gasteiger partial charge in [-0.2, -0.15) is 13.2 Å². The van der Waals surface area contributed by atoms with E-state index in [2.05, 4.69) is 4.98 Å². The number of halogens is 6. The molecule has 1 aromatic heterocycles. The first-order valence-electron chi connectivity index (χ1n) is 3.93. The van der Waals surface area contributed by atoms with Crippen molar-refractivity contribution in [1.82, 2.24) is 4.98 Å². The van der Waals surface area contributed by atoms with Crippen molar-refractivity contribution >= 4 is 28.6 Å². The van der Waals surface area contributed by atoms with Gasteiger partial charge in [-0.05, 0) is 28.7 Å². The Balaban J connectivity index is 3.52. The monoisotopic (exact) mass is 367 g/mol. The Morgan fingerprint density at radius 2 is 1.94 bits per heavy atom. The maximum absolute atomic E-state index is 12.5. The average molecular weight is 367 g/mol. The van der Waals surface area contributed by atoms with Gasteiger partial charge in [-0.1, -0.05) is 0 Å². The van der Waals surface area contributed by atoms with Crippen LogP contribution >= 0.6 is 22.6 Å². The van der Waals surface area contributed by atoms with Crippen LogP contribution in [0.1, 0.15) is 28.0 Å². The predicted octanol–water partition coefficient (Wildman–Crippen LogP) is 3.34. The maximum atomic E-state index is 12.5. The Hall–Kier alpha value is -1.00. The number of aromatic nitrogens is 1. The van der Waals surface area contributed by atoms with Crippen molar-refractivity contribution < 1.29 is 31.9 Å². The molecule has 0 fully saturated rings. The molecule has 9 heteroatoms. The number of nitrogens with zero attached hydrogens (tertiary/aromatic N) is 1. The van der Waals surface area contributed by atoms with E-state index in [0.29, 0.717) is 0 Å². The first-order chi connectivity index (χ1) is 7.64. The fraction of sp³-hybridized carbons (Fsp3) is 0.250. The number of carboxylic acid groups (broad SMARTS) is 1. The molecule has 0 aliphatic heterocycles. The van der Waals surface area contributed by atoms with Crippen molar-refractivity contribution in [3.63, 3.8) is 0 Å². The summed E-state index contributed by atoms with van der Waals surface area (Å²) in [5.41, 5.74) is -3.64. The number of hydrogen-bond acceptors (Lipinski definition) is 2. The van der Waals surface area contributed by atoms with Crippen LogP contribution in [0.5, 0.6) is 0 Å². The molecule has 0 aliphatic carbocycles. The van der Waals surface area contributed by atoms with Crippen LogP contribution in [0.25, 0.3) is 0 Å². The summed E-state index contributed by atoms with van der Waals surface area (Å²) < 4.78 is 61.2. The number of carbonyl (C=O) groups is 1. The number of alkyl halides is 5. The molecule has 0 saturated heterocycles. The molecule has 1 aromatic rings. The molecule has 3 nitrogen and oxygen atoms in total. The molecule has 1 heterocycles. The lowest BCUT2D eigenvalue weighted by Gasteiger charge is -2.11. The lowest BCUT2D eigenvalue weighted by molar-refractivity contribution is -0.141. The Labute approximate surface area is 105 Å². The zero-order valence-corrected chi connectivity index (χ0v) is 9.88. The summed E-state index contributed by atoms with van der Waals surface area (Å²) in [6.45, 7) is 0. The van der Waals surface area contributed by atoms with Gasteiger partial charge in [-0.25, -0.2) is 18.6 Å². The molecular weight excluding hydrogens is 364 g/mol. The van der Waals surface area contributed by atoms with Crippen molar-refractivity contribution in [2.45, 2.75) is 12.6 Å². The number of rotatable bonds is 2. The van der Waals surface area contributed by atoms with Gasteiger partial charge in [-0.3, -0.25) is 0 Å². The van der Waals surface area contributed by atoms with Gasteiger partial charge in [0.25, 0.3) is 6.43 Å². The van der Waals surface area contributed by atoms with E-state index in [-0.39, 0.29) is 6.07 Å². The van der Waals surface area contributed by atoms with Gasteiger partial charge in [0, 0.05) is 5.56 Å². The SMILES string of the molecule is O=C(O)c1c(C(F)F)cc(C(F)(F)F)nc1I. The summed E-state index contributed by atoms with van der Waals surface area (Å²) in [6, 6.07) is 0.0519. The van der Waals surface area contributed by atoms with Crippen LogP contribution in [-0.4, -0.2) is 16.1 Å². The minimum atomic E-state index is -4.90. The van der Waals surface area contributed by atoms with Crippen LogP contribution in [0.4, 0.5) is 22.0 Å². The molecule has 0 spiro atoms. The number of hydrogen-bond donors (Lipinski definition) is 1. The molecular formula is C8H3F5INO2. The molecule has 1 N–H and O–H groups in total. The van der Waals surface area contributed by atoms with Gasteiger partial charge in [0.05, 0.1) is 0 Å². The van der Waals surface area contributed by atoms with Gasteiger partial charge in [0.15, 0.2) is 0 Å². The average Bonchev–Trinajstić information content (AvgIpc) is 2.13. The van der Waals surface area contributed by atoms with E-state index >= 15 is 0 Å². The van der Waals surface area contributed by atoms with Crippen molar-refractivity contribution in [3.05, 3.63) is 26.6 Å². The zero-order chi connectivity index (χ0) is 13.4. The highest BCUT2D eigenvalue weighted by atomic mass is 127. The molecule has 0 atom stereocenters. The molecule has 0 saturated carbocycles. The molecule has 0 aliphatic rings. The third-order valence-electron chi connectivity index (χ3n) is 1.75. The van der Waals surface area contributed by atoms with Crippen LogP contribution in [0, 0.1) is 3.70 Å². The lowest BCUT2D eigenvalue weighted by Crippen LogP contribution is -2.15. The maximum Gasteiger partial charge on any atom is 0.433 e. The Kier molecular flexibility index (Phi) is 3.89. The highest BCUT2D eigenvalue weighted by Crippen LogP contribution is 2.33. The van der Waals surface area contributed by atoms with Crippen LogP contribution in [0.15, 0.2) is 6.07 Å². The van der Waals surface area contributed by atoms with Gasteiger partial charge in [0.2, 0.25) is 0 Å². The van der Waals surface area contributed by atoms with E-state index in [1.807, 2.05) is 0 Å². The molecule has 0 radical (unpaired) electrons. The van der Waals surface area contributed by atoms with Crippen molar-refractivity contribution in [2.24, 2.45) is 0 Å². The lowest BCUT2D eigenvalue weighted by atomic mass is 10.1. The molecule has 94 valence electrons. The molecule has 1 rings (SSSR count). The van der Waals surface area contributed by atoms with Crippen LogP contribution < -0.4 is 0 Å². The van der Waals surface area contributed by atoms with Crippen molar-refractivity contribution in [1.29, 1.82) is 0 Å². The summed E-state index contributed by atoms with van der Waals surface area (Å²) in [6.07, 6.45) is -8.22. The first kappa shape index (κ1) is 14.1. The van der Waals surface area contributed by atoms with Crippen LogP contribution in [0.2, 0.25) is 0 Å². The smallest absolute Gasteiger partial charge is 0.433 e. The van der Waals surface area contributed by atoms with E-state index in [4.69, 9.17) is 5.11 Å². The fourth-order valence-electron chi connectivity index (χ4n) is 1.06. The topological polar surface area (TPSA) is 50.2 Å². The van der Waals surface area contributed by atoms with Gasteiger partial charge in [-0.15, -0.1) is 0 Å². The fourth-order valence-corrected chi connectivity index (χ4v) is 1.86. The third kappa shape index (κ3) is 3.01. The van der Waals surface area contributed by atoms with Gasteiger partial charge in [0.1, 0.15) is 15.0 Å². The number of carboxylic acids is 1. The van der Waals surface area contributed by atoms with E-state index in [1.165, 1.54) is 22.6 Å². The van der Waals surface area contributed by atoms with Crippen LogP contribution in [-0.2, 0) is 6.18 Å². The Morgan fingerprint density at radius 3 is 2.29 bits per heavy atom. The van der Waals surface area contributed by atoms with Crippen molar-refractivity contribution in [2.75, 3.05) is 0 Å². The van der Waals surface area contributed by atoms with E-state index < -0.39 is 39.1 Å². The van der Waals surface area contributed by atoms with E-state index in [1.54, 1.807) is 0 Å². The first-order valence-corrected chi connectivity index (χ1v) is 5.01. The standard InChI is InChI=1S/C8H3F5INO2/c9-5(10)2-1-3(8(11,12)13)15-6(14)4(2)7(16)17/h1,5H,(H,16,17). The van der Waals surface area contributed by atoms with E-state index in [0.717, 1.165) is 0 Å². The highest BCUT2D eigenvalue weighted by Gasteiger charge is 2.36. The van der Waals surface area contributed by atoms with Gasteiger partial charge >= 0.3 is 12.1 Å². The molecule has 0 aromatic carbocycles. The summed E-state index contributed by atoms with van der Waals surface area (Å²) in [5.74, 6) is -1.74. The normalized spacial score (nSPS) is 11.9. The summed E-state index contributed by atoms with van der Waals surface area (Å²) in [4.78, 5) is 13.6. The molecule has 0 amide bonds. The largest absolute Gasteiger partial charge is 0.478 e. The molecule has 0 bridgehead atoms. The highest BCUT2D eigenvalue weighted by molar-refractivity contribution is 14.1. The molecule has 17 heavy (non-hydrogen) atoms. The Bertz CT molecular complexity index is 460. The Morgan fingerprint density at radius 1 is 1.41 bits per heavy atom. The zero-order valence-electron chi connectivity index (χ0n) is 7.73. The quantitative estimate of drug-likeness (QED) is 0.496. The summed E-state index contributed by atoms with van der Waals surface area (Å²) >= 11 is 1.17. The second-order valence-electron chi connectivity index (χ2n) is 2.87.